The summed E-state index contributed by atoms with van der Waals surface area (Å²) >= 11 is 1.06. The zero-order valence-electron chi connectivity index (χ0n) is 15.8. The number of aryl methyl sites for hydroxylation is 1. The number of carbonyl (C=O) groups excluding carboxylic acids is 1. The van der Waals surface area contributed by atoms with Crippen LogP contribution in [0.5, 0.6) is 0 Å². The smallest absolute Gasteiger partial charge is 0.311 e. The van der Waals surface area contributed by atoms with Crippen LogP contribution >= 0.6 is 11.3 Å². The van der Waals surface area contributed by atoms with Gasteiger partial charge in [-0.3, -0.25) is 4.79 Å². The van der Waals surface area contributed by atoms with Crippen LogP contribution in [0.25, 0.3) is 11.5 Å². The number of thiophene rings is 1. The molecule has 0 spiro atoms. The quantitative estimate of drug-likeness (QED) is 0.642. The Morgan fingerprint density at radius 3 is 2.66 bits per heavy atom. The van der Waals surface area contributed by atoms with Crippen LogP contribution in [0.2, 0.25) is 0 Å². The van der Waals surface area contributed by atoms with E-state index in [1.165, 1.54) is 6.07 Å². The second-order valence-electron chi connectivity index (χ2n) is 6.88. The Bertz CT molecular complexity index is 1110. The Hall–Kier alpha value is -2.56. The first-order valence-electron chi connectivity index (χ1n) is 9.19. The van der Waals surface area contributed by atoms with Gasteiger partial charge in [0.05, 0.1) is 5.56 Å². The van der Waals surface area contributed by atoms with Gasteiger partial charge >= 0.3 is 11.8 Å². The largest absolute Gasteiger partial charge is 0.412 e. The number of benzene rings is 1. The topological polar surface area (TPSA) is 105 Å². The van der Waals surface area contributed by atoms with Crippen molar-refractivity contribution in [2.24, 2.45) is 0 Å². The van der Waals surface area contributed by atoms with Gasteiger partial charge in [0.25, 0.3) is 0 Å². The first kappa shape index (κ1) is 19.7. The maximum Gasteiger partial charge on any atom is 0.311 e. The Morgan fingerprint density at radius 2 is 1.93 bits per heavy atom. The number of rotatable bonds is 6. The predicted molar refractivity (Wildman–Crippen MR) is 108 cm³/mol. The van der Waals surface area contributed by atoms with Crippen molar-refractivity contribution < 1.29 is 17.6 Å². The second kappa shape index (κ2) is 8.05. The van der Waals surface area contributed by atoms with E-state index in [2.05, 4.69) is 14.9 Å². The molecule has 0 bridgehead atoms. The van der Waals surface area contributed by atoms with Gasteiger partial charge in [0.2, 0.25) is 15.9 Å². The number of likely N-dealkylation sites (tertiary alicyclic amines) is 1. The summed E-state index contributed by atoms with van der Waals surface area (Å²) in [5.41, 5.74) is 2.46. The van der Waals surface area contributed by atoms with Crippen LogP contribution in [-0.2, 0) is 16.6 Å². The number of carbonyl (C=O) groups is 1. The highest BCUT2D eigenvalue weighted by Crippen LogP contribution is 2.28. The van der Waals surface area contributed by atoms with Crippen molar-refractivity contribution in [1.29, 1.82) is 0 Å². The zero-order chi connectivity index (χ0) is 20.4. The van der Waals surface area contributed by atoms with Crippen molar-refractivity contribution in [3.63, 3.8) is 0 Å². The molecule has 1 amide bonds. The van der Waals surface area contributed by atoms with E-state index in [9.17, 15) is 13.2 Å². The molecule has 1 aromatic carbocycles. The van der Waals surface area contributed by atoms with E-state index in [1.54, 1.807) is 10.3 Å². The molecular weight excluding hydrogens is 412 g/mol. The third-order valence-electron chi connectivity index (χ3n) is 4.68. The van der Waals surface area contributed by atoms with Crippen molar-refractivity contribution in [3.05, 3.63) is 52.7 Å². The number of nitrogens with one attached hydrogen (secondary N) is 1. The molecule has 2 aromatic heterocycles. The summed E-state index contributed by atoms with van der Waals surface area (Å²) in [5.74, 6) is -0.233. The Morgan fingerprint density at radius 1 is 1.21 bits per heavy atom. The molecule has 0 atom stereocenters. The molecule has 10 heteroatoms. The van der Waals surface area contributed by atoms with E-state index in [-0.39, 0.29) is 28.4 Å². The molecule has 0 radical (unpaired) electrons. The molecule has 1 N–H and O–H groups in total. The fourth-order valence-electron chi connectivity index (χ4n) is 3.01. The van der Waals surface area contributed by atoms with Gasteiger partial charge in [-0.15, -0.1) is 21.5 Å². The SMILES string of the molecule is Cc1ccc(CNS(=O)(=O)c2cc(-c3nnc(C(=O)N4CCCC4)o3)cs2)cc1. The molecule has 8 nitrogen and oxygen atoms in total. The lowest BCUT2D eigenvalue weighted by molar-refractivity contribution is 0.0754. The molecule has 1 aliphatic heterocycles. The summed E-state index contributed by atoms with van der Waals surface area (Å²) in [6.45, 7) is 3.54. The highest BCUT2D eigenvalue weighted by atomic mass is 32.2. The van der Waals surface area contributed by atoms with Crippen LogP contribution in [0.15, 0.2) is 44.3 Å². The van der Waals surface area contributed by atoms with Crippen molar-refractivity contribution in [1.82, 2.24) is 19.8 Å². The van der Waals surface area contributed by atoms with Crippen molar-refractivity contribution in [2.75, 3.05) is 13.1 Å². The van der Waals surface area contributed by atoms with Crippen LogP contribution in [0.1, 0.15) is 34.7 Å². The molecule has 1 fully saturated rings. The summed E-state index contributed by atoms with van der Waals surface area (Å²) in [5, 5.41) is 9.35. The molecule has 1 saturated heterocycles. The second-order valence-corrected chi connectivity index (χ2v) is 9.78. The summed E-state index contributed by atoms with van der Waals surface area (Å²) in [6, 6.07) is 9.11. The number of amides is 1. The summed E-state index contributed by atoms with van der Waals surface area (Å²) in [6.07, 6.45) is 1.93. The minimum atomic E-state index is -3.67. The molecule has 0 unspecified atom stereocenters. The third-order valence-corrected chi connectivity index (χ3v) is 7.52. The van der Waals surface area contributed by atoms with E-state index in [0.29, 0.717) is 18.7 Å². The number of hydrogen-bond acceptors (Lipinski definition) is 7. The minimum absolute atomic E-state index is 0.0741. The molecule has 4 rings (SSSR count). The number of aromatic nitrogens is 2. The van der Waals surface area contributed by atoms with Gasteiger partial charge in [0.1, 0.15) is 4.21 Å². The van der Waals surface area contributed by atoms with Gasteiger partial charge < -0.3 is 9.32 Å². The number of nitrogens with zero attached hydrogens (tertiary/aromatic N) is 3. The van der Waals surface area contributed by atoms with Crippen molar-refractivity contribution >= 4 is 27.3 Å². The Balaban J connectivity index is 1.46. The average molecular weight is 433 g/mol. The van der Waals surface area contributed by atoms with E-state index < -0.39 is 10.0 Å². The molecule has 1 aliphatic rings. The maximum absolute atomic E-state index is 12.6. The predicted octanol–water partition coefficient (Wildman–Crippen LogP) is 2.82. The molecule has 152 valence electrons. The average Bonchev–Trinajstić information content (AvgIpc) is 3.48. The van der Waals surface area contributed by atoms with Crippen LogP contribution in [0.3, 0.4) is 0 Å². The fraction of sp³-hybridized carbons (Fsp3) is 0.316. The van der Waals surface area contributed by atoms with Gasteiger partial charge in [-0.25, -0.2) is 13.1 Å². The van der Waals surface area contributed by atoms with Crippen LogP contribution in [0, 0.1) is 6.92 Å². The van der Waals surface area contributed by atoms with Crippen molar-refractivity contribution in [3.8, 4) is 11.5 Å². The van der Waals surface area contributed by atoms with E-state index in [0.717, 1.165) is 35.3 Å². The minimum Gasteiger partial charge on any atom is -0.412 e. The molecule has 0 saturated carbocycles. The first-order valence-corrected chi connectivity index (χ1v) is 11.6. The van der Waals surface area contributed by atoms with E-state index >= 15 is 0 Å². The van der Waals surface area contributed by atoms with E-state index in [1.807, 2.05) is 31.2 Å². The van der Waals surface area contributed by atoms with Gasteiger partial charge in [-0.2, -0.15) is 0 Å². The van der Waals surface area contributed by atoms with Gasteiger partial charge in [-0.05, 0) is 31.4 Å². The first-order chi connectivity index (χ1) is 13.9. The van der Waals surface area contributed by atoms with Crippen LogP contribution in [0.4, 0.5) is 0 Å². The molecule has 3 heterocycles. The molecule has 29 heavy (non-hydrogen) atoms. The maximum atomic E-state index is 12.6. The Labute approximate surface area is 172 Å². The standard InChI is InChI=1S/C19H20N4O4S2/c1-13-4-6-14(7-5-13)11-20-29(25,26)16-10-15(12-28-16)17-21-22-18(27-17)19(24)23-8-2-3-9-23/h4-7,10,12,20H,2-3,8-9,11H2,1H3. The fourth-order valence-corrected chi connectivity index (χ4v) is 5.22. The summed E-state index contributed by atoms with van der Waals surface area (Å²) in [4.78, 5) is 14.0. The monoisotopic (exact) mass is 432 g/mol. The van der Waals surface area contributed by atoms with Crippen LogP contribution < -0.4 is 4.72 Å². The number of hydrogen-bond donors (Lipinski definition) is 1. The Kier molecular flexibility index (Phi) is 5.48. The van der Waals surface area contributed by atoms with Gasteiger partial charge in [0, 0.05) is 25.0 Å². The van der Waals surface area contributed by atoms with Gasteiger partial charge in [0.15, 0.2) is 0 Å². The lowest BCUT2D eigenvalue weighted by Gasteiger charge is -2.11. The zero-order valence-corrected chi connectivity index (χ0v) is 17.4. The number of sulfonamides is 1. The third kappa shape index (κ3) is 4.39. The highest BCUT2D eigenvalue weighted by Gasteiger charge is 2.25. The van der Waals surface area contributed by atoms with Crippen molar-refractivity contribution in [2.45, 2.75) is 30.5 Å². The lowest BCUT2D eigenvalue weighted by Crippen LogP contribution is -2.27. The van der Waals surface area contributed by atoms with Crippen LogP contribution in [-0.4, -0.2) is 42.5 Å². The molecule has 0 aliphatic carbocycles. The summed E-state index contributed by atoms with van der Waals surface area (Å²) in [7, 11) is -3.67. The lowest BCUT2D eigenvalue weighted by atomic mass is 10.2. The normalized spacial score (nSPS) is 14.4. The highest BCUT2D eigenvalue weighted by molar-refractivity contribution is 7.91. The molecule has 3 aromatic rings. The van der Waals surface area contributed by atoms with Gasteiger partial charge in [-0.1, -0.05) is 29.8 Å². The molecular formula is C19H20N4O4S2. The summed E-state index contributed by atoms with van der Waals surface area (Å²) < 4.78 is 33.4. The van der Waals surface area contributed by atoms with E-state index in [4.69, 9.17) is 4.42 Å².